The molecule has 2 aromatic rings. The van der Waals surface area contributed by atoms with Crippen LogP contribution in [0.25, 0.3) is 0 Å². The van der Waals surface area contributed by atoms with Crippen molar-refractivity contribution in [3.05, 3.63) is 52.8 Å². The molecule has 1 aliphatic heterocycles. The van der Waals surface area contributed by atoms with Gasteiger partial charge >= 0.3 is 0 Å². The fourth-order valence-electron chi connectivity index (χ4n) is 3.15. The van der Waals surface area contributed by atoms with Crippen molar-refractivity contribution in [2.45, 2.75) is 32.2 Å². The number of hydrogen-bond acceptors (Lipinski definition) is 2. The molecule has 0 radical (unpaired) electrons. The topological polar surface area (TPSA) is 38.1 Å². The van der Waals surface area contributed by atoms with Crippen molar-refractivity contribution in [3.63, 3.8) is 0 Å². The van der Waals surface area contributed by atoms with Crippen LogP contribution in [0.5, 0.6) is 0 Å². The van der Waals surface area contributed by atoms with Crippen LogP contribution >= 0.6 is 11.6 Å². The number of aromatic nitrogens is 2. The molecule has 0 saturated carbocycles. The lowest BCUT2D eigenvalue weighted by atomic mass is 9.96. The van der Waals surface area contributed by atoms with E-state index in [2.05, 4.69) is 16.5 Å². The number of imidazole rings is 1. The summed E-state index contributed by atoms with van der Waals surface area (Å²) >= 11 is 6.02. The Balaban J connectivity index is 1.79. The molecule has 1 fully saturated rings. The standard InChI is InChI=1S/C17H19ClFN3O/c1-2-21-9-7-20-16(21)12-4-3-8-22(11-12)17(23)14-6-5-13(19)10-15(14)18/h5-7,9-10,12H,2-4,8,11H2,1H3/t12-/m1/s1. The summed E-state index contributed by atoms with van der Waals surface area (Å²) in [5.41, 5.74) is 0.354. The van der Waals surface area contributed by atoms with Crippen molar-refractivity contribution in [3.8, 4) is 0 Å². The highest BCUT2D eigenvalue weighted by Crippen LogP contribution is 2.28. The maximum atomic E-state index is 13.2. The lowest BCUT2D eigenvalue weighted by Crippen LogP contribution is -2.39. The Bertz CT molecular complexity index is 716. The van der Waals surface area contributed by atoms with Gasteiger partial charge in [-0.3, -0.25) is 4.79 Å². The van der Waals surface area contributed by atoms with Crippen LogP contribution in [0.4, 0.5) is 4.39 Å². The molecule has 0 bridgehead atoms. The minimum Gasteiger partial charge on any atom is -0.338 e. The second kappa shape index (κ2) is 6.71. The molecule has 0 aliphatic carbocycles. The quantitative estimate of drug-likeness (QED) is 0.857. The first-order valence-electron chi connectivity index (χ1n) is 7.85. The molecule has 23 heavy (non-hydrogen) atoms. The Morgan fingerprint density at radius 2 is 2.30 bits per heavy atom. The van der Waals surface area contributed by atoms with Crippen molar-refractivity contribution in [1.29, 1.82) is 0 Å². The summed E-state index contributed by atoms with van der Waals surface area (Å²) in [6.07, 6.45) is 5.70. The summed E-state index contributed by atoms with van der Waals surface area (Å²) in [7, 11) is 0. The molecule has 2 heterocycles. The first-order valence-corrected chi connectivity index (χ1v) is 8.23. The van der Waals surface area contributed by atoms with E-state index in [1.807, 2.05) is 6.20 Å². The van der Waals surface area contributed by atoms with Crippen LogP contribution in [0.1, 0.15) is 41.9 Å². The lowest BCUT2D eigenvalue weighted by Gasteiger charge is -2.33. The molecule has 1 amide bonds. The summed E-state index contributed by atoms with van der Waals surface area (Å²) in [4.78, 5) is 18.9. The number of likely N-dealkylation sites (tertiary alicyclic amines) is 1. The Labute approximate surface area is 139 Å². The molecule has 1 aliphatic rings. The van der Waals surface area contributed by atoms with Crippen molar-refractivity contribution >= 4 is 17.5 Å². The van der Waals surface area contributed by atoms with Crippen molar-refractivity contribution in [2.24, 2.45) is 0 Å². The minimum absolute atomic E-state index is 0.144. The zero-order valence-corrected chi connectivity index (χ0v) is 13.8. The van der Waals surface area contributed by atoms with Gasteiger partial charge in [-0.15, -0.1) is 0 Å². The van der Waals surface area contributed by atoms with E-state index in [0.717, 1.165) is 25.2 Å². The van der Waals surface area contributed by atoms with Gasteiger partial charge < -0.3 is 9.47 Å². The number of halogens is 2. The van der Waals surface area contributed by atoms with Crippen LogP contribution < -0.4 is 0 Å². The highest BCUT2D eigenvalue weighted by molar-refractivity contribution is 6.33. The van der Waals surface area contributed by atoms with Crippen LogP contribution in [0.15, 0.2) is 30.6 Å². The van der Waals surface area contributed by atoms with Gasteiger partial charge in [0.1, 0.15) is 11.6 Å². The molecular formula is C17H19ClFN3O. The fourth-order valence-corrected chi connectivity index (χ4v) is 3.40. The number of benzene rings is 1. The average Bonchev–Trinajstić information content (AvgIpc) is 3.03. The fraction of sp³-hybridized carbons (Fsp3) is 0.412. The van der Waals surface area contributed by atoms with Gasteiger partial charge in [0.15, 0.2) is 0 Å². The van der Waals surface area contributed by atoms with Crippen LogP contribution in [-0.2, 0) is 6.54 Å². The second-order valence-corrected chi connectivity index (χ2v) is 6.19. The predicted octanol–water partition coefficient (Wildman–Crippen LogP) is 3.72. The van der Waals surface area contributed by atoms with Gasteiger partial charge in [-0.25, -0.2) is 9.37 Å². The van der Waals surface area contributed by atoms with Gasteiger partial charge in [0, 0.05) is 37.9 Å². The van der Waals surface area contributed by atoms with Gasteiger partial charge in [-0.2, -0.15) is 0 Å². The minimum atomic E-state index is -0.437. The number of hydrogen-bond donors (Lipinski definition) is 0. The number of carbonyl (C=O) groups is 1. The van der Waals surface area contributed by atoms with Crippen molar-refractivity contribution in [1.82, 2.24) is 14.5 Å². The number of carbonyl (C=O) groups excluding carboxylic acids is 1. The molecule has 0 N–H and O–H groups in total. The number of rotatable bonds is 3. The third-order valence-corrected chi connectivity index (χ3v) is 4.64. The number of aryl methyl sites for hydroxylation is 1. The van der Waals surface area contributed by atoms with Crippen molar-refractivity contribution in [2.75, 3.05) is 13.1 Å². The molecule has 1 atom stereocenters. The summed E-state index contributed by atoms with van der Waals surface area (Å²) in [6, 6.07) is 3.90. The molecule has 0 unspecified atom stereocenters. The van der Waals surface area contributed by atoms with Crippen LogP contribution in [0, 0.1) is 5.82 Å². The van der Waals surface area contributed by atoms with Crippen LogP contribution in [0.3, 0.4) is 0 Å². The summed E-state index contributed by atoms with van der Waals surface area (Å²) in [5, 5.41) is 0.159. The maximum Gasteiger partial charge on any atom is 0.255 e. The van der Waals surface area contributed by atoms with E-state index in [0.29, 0.717) is 18.7 Å². The average molecular weight is 336 g/mol. The third-order valence-electron chi connectivity index (χ3n) is 4.32. The third kappa shape index (κ3) is 3.24. The molecule has 0 spiro atoms. The zero-order valence-electron chi connectivity index (χ0n) is 13.0. The second-order valence-electron chi connectivity index (χ2n) is 5.79. The van der Waals surface area contributed by atoms with Gasteiger partial charge in [0.2, 0.25) is 0 Å². The molecule has 1 aromatic carbocycles. The van der Waals surface area contributed by atoms with E-state index in [4.69, 9.17) is 11.6 Å². The highest BCUT2D eigenvalue weighted by atomic mass is 35.5. The Morgan fingerprint density at radius 3 is 3.04 bits per heavy atom. The van der Waals surface area contributed by atoms with Crippen LogP contribution in [0.2, 0.25) is 5.02 Å². The molecule has 4 nitrogen and oxygen atoms in total. The normalized spacial score (nSPS) is 18.2. The first kappa shape index (κ1) is 16.0. The lowest BCUT2D eigenvalue weighted by molar-refractivity contribution is 0.0703. The Kier molecular flexibility index (Phi) is 4.66. The monoisotopic (exact) mass is 335 g/mol. The van der Waals surface area contributed by atoms with Gasteiger partial charge in [-0.05, 0) is 38.0 Å². The first-order chi connectivity index (χ1) is 11.1. The van der Waals surface area contributed by atoms with Gasteiger partial charge in [0.05, 0.1) is 10.6 Å². The zero-order chi connectivity index (χ0) is 16.4. The summed E-state index contributed by atoms with van der Waals surface area (Å²) in [5.74, 6) is 0.666. The molecule has 1 aromatic heterocycles. The molecular weight excluding hydrogens is 317 g/mol. The molecule has 6 heteroatoms. The van der Waals surface area contributed by atoms with E-state index in [-0.39, 0.29) is 16.8 Å². The molecule has 1 saturated heterocycles. The number of nitrogens with zero attached hydrogens (tertiary/aromatic N) is 3. The largest absolute Gasteiger partial charge is 0.338 e. The van der Waals surface area contributed by atoms with Gasteiger partial charge in [-0.1, -0.05) is 11.6 Å². The highest BCUT2D eigenvalue weighted by Gasteiger charge is 2.28. The maximum absolute atomic E-state index is 13.2. The summed E-state index contributed by atoms with van der Waals surface area (Å²) in [6.45, 7) is 4.25. The van der Waals surface area contributed by atoms with E-state index in [1.165, 1.54) is 18.2 Å². The smallest absolute Gasteiger partial charge is 0.255 e. The van der Waals surface area contributed by atoms with E-state index < -0.39 is 5.82 Å². The van der Waals surface area contributed by atoms with E-state index >= 15 is 0 Å². The Morgan fingerprint density at radius 1 is 1.48 bits per heavy atom. The SMILES string of the molecule is CCn1ccnc1[C@@H]1CCCN(C(=O)c2ccc(F)cc2Cl)C1. The number of amides is 1. The summed E-state index contributed by atoms with van der Waals surface area (Å²) < 4.78 is 15.3. The number of piperidine rings is 1. The van der Waals surface area contributed by atoms with Gasteiger partial charge in [0.25, 0.3) is 5.91 Å². The Hall–Kier alpha value is -1.88. The van der Waals surface area contributed by atoms with Crippen LogP contribution in [-0.4, -0.2) is 33.4 Å². The predicted molar refractivity (Wildman–Crippen MR) is 87.2 cm³/mol. The molecule has 122 valence electrons. The van der Waals surface area contributed by atoms with E-state index in [1.54, 1.807) is 11.1 Å². The molecule has 3 rings (SSSR count). The van der Waals surface area contributed by atoms with E-state index in [9.17, 15) is 9.18 Å². The van der Waals surface area contributed by atoms with Crippen molar-refractivity contribution < 1.29 is 9.18 Å².